The van der Waals surface area contributed by atoms with Crippen molar-refractivity contribution in [3.63, 3.8) is 0 Å². The molecule has 0 bridgehead atoms. The molecule has 0 atom stereocenters. The van der Waals surface area contributed by atoms with Crippen molar-refractivity contribution in [3.05, 3.63) is 28.3 Å². The second-order valence-corrected chi connectivity index (χ2v) is 9.43. The molecule has 2 N–H and O–H groups in total. The molecule has 1 aromatic rings. The van der Waals surface area contributed by atoms with E-state index < -0.39 is 0 Å². The number of nitrogens with zero attached hydrogens (tertiary/aromatic N) is 1. The van der Waals surface area contributed by atoms with Crippen LogP contribution in [0.3, 0.4) is 0 Å². The van der Waals surface area contributed by atoms with Gasteiger partial charge in [0.2, 0.25) is 0 Å². The third-order valence-electron chi connectivity index (χ3n) is 6.61. The quantitative estimate of drug-likeness (QED) is 0.779. The number of aryl methyl sites for hydroxylation is 2. The molecule has 2 aliphatic heterocycles. The average molecular weight is 388 g/mol. The summed E-state index contributed by atoms with van der Waals surface area (Å²) in [5, 5.41) is 3.73. The Balaban J connectivity index is 1.15. The van der Waals surface area contributed by atoms with Crippen molar-refractivity contribution in [2.75, 3.05) is 31.6 Å². The molecule has 5 nitrogen and oxygen atoms in total. The third-order valence-corrected chi connectivity index (χ3v) is 7.55. The van der Waals surface area contributed by atoms with E-state index in [2.05, 4.69) is 21.0 Å². The largest absolute Gasteiger partial charge is 0.381 e. The number of rotatable bonds is 4. The summed E-state index contributed by atoms with van der Waals surface area (Å²) in [5.74, 6) is 0. The number of benzene rings is 1. The molecule has 2 aliphatic carbocycles. The smallest absolute Gasteiger partial charge is 0.329 e. The number of hydrogen-bond acceptors (Lipinski definition) is 4. The maximum atomic E-state index is 12.6. The van der Waals surface area contributed by atoms with E-state index >= 15 is 0 Å². The Labute approximate surface area is 165 Å². The first kappa shape index (κ1) is 17.8. The topological polar surface area (TPSA) is 53.6 Å². The Kier molecular flexibility index (Phi) is 5.05. The minimum atomic E-state index is -0.0566. The van der Waals surface area contributed by atoms with Crippen molar-refractivity contribution in [1.29, 1.82) is 0 Å². The summed E-state index contributed by atoms with van der Waals surface area (Å²) >= 11 is 1.59. The van der Waals surface area contributed by atoms with Gasteiger partial charge in [0.15, 0.2) is 0 Å². The summed E-state index contributed by atoms with van der Waals surface area (Å²) < 4.78 is 8.50. The van der Waals surface area contributed by atoms with Crippen LogP contribution >= 0.6 is 11.9 Å². The number of carbonyl (C=O) groups is 1. The monoisotopic (exact) mass is 387 g/mol. The van der Waals surface area contributed by atoms with Gasteiger partial charge >= 0.3 is 6.03 Å². The van der Waals surface area contributed by atoms with Crippen molar-refractivity contribution in [2.45, 2.75) is 62.7 Å². The molecule has 6 heteroatoms. The minimum absolute atomic E-state index is 0.0566. The molecule has 27 heavy (non-hydrogen) atoms. The van der Waals surface area contributed by atoms with Gasteiger partial charge in [-0.3, -0.25) is 9.62 Å². The van der Waals surface area contributed by atoms with Crippen LogP contribution in [0.4, 0.5) is 10.5 Å². The lowest BCUT2D eigenvalue weighted by Gasteiger charge is -2.45. The second-order valence-electron chi connectivity index (χ2n) is 8.33. The van der Waals surface area contributed by atoms with E-state index in [1.54, 1.807) is 11.9 Å². The summed E-state index contributed by atoms with van der Waals surface area (Å²) in [7, 11) is 0. The normalized spacial score (nSPS) is 23.0. The van der Waals surface area contributed by atoms with Gasteiger partial charge in [0, 0.05) is 38.0 Å². The van der Waals surface area contributed by atoms with E-state index in [1.165, 1.54) is 35.1 Å². The van der Waals surface area contributed by atoms with E-state index in [0.717, 1.165) is 70.5 Å². The summed E-state index contributed by atoms with van der Waals surface area (Å²) in [6.07, 6.45) is 9.27. The van der Waals surface area contributed by atoms with Gasteiger partial charge in [0.25, 0.3) is 0 Å². The molecule has 4 aliphatic rings. The molecule has 1 aromatic carbocycles. The Morgan fingerprint density at radius 2 is 1.70 bits per heavy atom. The van der Waals surface area contributed by atoms with Crippen LogP contribution in [0, 0.1) is 0 Å². The van der Waals surface area contributed by atoms with Gasteiger partial charge < -0.3 is 10.1 Å². The average Bonchev–Trinajstić information content (AvgIpc) is 3.30. The second kappa shape index (κ2) is 7.64. The number of hydrogen-bond donors (Lipinski definition) is 2. The number of fused-ring (bicyclic) bond motifs is 2. The summed E-state index contributed by atoms with van der Waals surface area (Å²) in [5.41, 5.74) is 6.85. The summed E-state index contributed by atoms with van der Waals surface area (Å²) in [4.78, 5) is 15.1. The van der Waals surface area contributed by atoms with Crippen LogP contribution in [-0.4, -0.2) is 48.5 Å². The molecule has 0 unspecified atom stereocenters. The predicted molar refractivity (Wildman–Crippen MR) is 109 cm³/mol. The van der Waals surface area contributed by atoms with E-state index in [9.17, 15) is 4.79 Å². The van der Waals surface area contributed by atoms with Crippen molar-refractivity contribution in [3.8, 4) is 0 Å². The number of amides is 2. The maximum absolute atomic E-state index is 12.6. The fourth-order valence-corrected chi connectivity index (χ4v) is 5.99. The van der Waals surface area contributed by atoms with Crippen LogP contribution in [0.5, 0.6) is 0 Å². The Morgan fingerprint density at radius 3 is 2.37 bits per heavy atom. The van der Waals surface area contributed by atoms with Crippen LogP contribution < -0.4 is 10.0 Å². The van der Waals surface area contributed by atoms with Crippen LogP contribution in [0.15, 0.2) is 6.07 Å². The molecule has 0 saturated carbocycles. The van der Waals surface area contributed by atoms with Crippen molar-refractivity contribution in [2.24, 2.45) is 0 Å². The van der Waals surface area contributed by atoms with Crippen molar-refractivity contribution in [1.82, 2.24) is 9.62 Å². The zero-order valence-electron chi connectivity index (χ0n) is 15.9. The summed E-state index contributed by atoms with van der Waals surface area (Å²) in [6.45, 7) is 3.94. The van der Waals surface area contributed by atoms with Gasteiger partial charge in [0.05, 0.1) is 5.25 Å². The molecular formula is C21H29N3O2S. The lowest BCUT2D eigenvalue weighted by Crippen LogP contribution is -2.56. The van der Waals surface area contributed by atoms with Crippen LogP contribution in [0.25, 0.3) is 0 Å². The molecule has 2 heterocycles. The van der Waals surface area contributed by atoms with Gasteiger partial charge in [0.1, 0.15) is 0 Å². The molecule has 0 spiro atoms. The third kappa shape index (κ3) is 3.59. The van der Waals surface area contributed by atoms with Gasteiger partial charge in [-0.25, -0.2) is 4.79 Å². The Morgan fingerprint density at radius 1 is 1.04 bits per heavy atom. The number of nitrogens with one attached hydrogen (secondary N) is 2. The highest BCUT2D eigenvalue weighted by Crippen LogP contribution is 2.38. The fourth-order valence-electron chi connectivity index (χ4n) is 5.14. The molecule has 0 radical (unpaired) electrons. The van der Waals surface area contributed by atoms with Gasteiger partial charge in [-0.05, 0) is 85.6 Å². The minimum Gasteiger partial charge on any atom is -0.381 e. The lowest BCUT2D eigenvalue weighted by molar-refractivity contribution is 0.0134. The number of urea groups is 1. The predicted octanol–water partition coefficient (Wildman–Crippen LogP) is 3.30. The first-order valence-corrected chi connectivity index (χ1v) is 11.4. The van der Waals surface area contributed by atoms with E-state index in [4.69, 9.17) is 4.74 Å². The lowest BCUT2D eigenvalue weighted by atomic mass is 9.99. The zero-order chi connectivity index (χ0) is 18.2. The number of anilines is 1. The SMILES string of the molecule is O=C(NSC1CN(C2CCOCC2)C1)Nc1c2c(cc3c1CCC3)CCC2. The van der Waals surface area contributed by atoms with Crippen molar-refractivity contribution < 1.29 is 9.53 Å². The van der Waals surface area contributed by atoms with Crippen LogP contribution in [-0.2, 0) is 30.4 Å². The fraction of sp³-hybridized carbons (Fsp3) is 0.667. The molecule has 5 rings (SSSR count). The van der Waals surface area contributed by atoms with E-state index in [-0.39, 0.29) is 6.03 Å². The van der Waals surface area contributed by atoms with Gasteiger partial charge in [-0.15, -0.1) is 0 Å². The molecular weight excluding hydrogens is 358 g/mol. The molecule has 2 amide bonds. The van der Waals surface area contributed by atoms with Crippen LogP contribution in [0.1, 0.15) is 47.9 Å². The highest BCUT2D eigenvalue weighted by Gasteiger charge is 2.34. The Bertz CT molecular complexity index is 694. The molecule has 146 valence electrons. The van der Waals surface area contributed by atoms with Crippen molar-refractivity contribution >= 4 is 23.7 Å². The van der Waals surface area contributed by atoms with Gasteiger partial charge in [-0.2, -0.15) is 0 Å². The number of ether oxygens (including phenoxy) is 1. The number of carbonyl (C=O) groups excluding carboxylic acids is 1. The first-order valence-electron chi connectivity index (χ1n) is 10.5. The van der Waals surface area contributed by atoms with Crippen LogP contribution in [0.2, 0.25) is 0 Å². The number of likely N-dealkylation sites (tertiary alicyclic amines) is 1. The highest BCUT2D eigenvalue weighted by atomic mass is 32.2. The molecule has 2 fully saturated rings. The summed E-state index contributed by atoms with van der Waals surface area (Å²) in [6, 6.07) is 3.03. The first-order chi connectivity index (χ1) is 13.3. The molecule has 2 saturated heterocycles. The van der Waals surface area contributed by atoms with Gasteiger partial charge in [-0.1, -0.05) is 6.07 Å². The molecule has 0 aromatic heterocycles. The van der Waals surface area contributed by atoms with E-state index in [0.29, 0.717) is 11.3 Å². The maximum Gasteiger partial charge on any atom is 0.329 e. The highest BCUT2D eigenvalue weighted by molar-refractivity contribution is 7.98. The zero-order valence-corrected chi connectivity index (χ0v) is 16.7. The van der Waals surface area contributed by atoms with E-state index in [1.807, 2.05) is 0 Å². The standard InChI is InChI=1S/C21H29N3O2S/c25-21(23-27-17-12-24(13-17)16-7-9-26-10-8-16)22-20-18-5-1-3-14(18)11-15-4-2-6-19(15)20/h11,16-17H,1-10,12-13H2,(H2,22,23,25). The Hall–Kier alpha value is -1.24.